The maximum Gasteiger partial charge on any atom is 0.242 e. The van der Waals surface area contributed by atoms with Crippen LogP contribution in [0.4, 0.5) is 5.82 Å². The molecular formula is C14H16ClN3O2S. The molecule has 21 heavy (non-hydrogen) atoms. The van der Waals surface area contributed by atoms with Gasteiger partial charge in [0, 0.05) is 19.8 Å². The zero-order valence-electron chi connectivity index (χ0n) is 11.7. The number of benzene rings is 1. The Balaban J connectivity index is 2.14. The highest BCUT2D eigenvalue weighted by Crippen LogP contribution is 2.22. The lowest BCUT2D eigenvalue weighted by Crippen LogP contribution is -2.23. The van der Waals surface area contributed by atoms with Crippen LogP contribution in [0.25, 0.3) is 0 Å². The summed E-state index contributed by atoms with van der Waals surface area (Å²) < 4.78 is 26.9. The third-order valence-corrected chi connectivity index (χ3v) is 4.61. The zero-order valence-corrected chi connectivity index (χ0v) is 13.3. The van der Waals surface area contributed by atoms with E-state index in [0.29, 0.717) is 5.82 Å². The normalized spacial score (nSPS) is 11.4. The number of hydrogen-bond donors (Lipinski definition) is 2. The van der Waals surface area contributed by atoms with E-state index in [1.807, 2.05) is 31.2 Å². The first kappa shape index (κ1) is 15.8. The minimum absolute atomic E-state index is 0.0404. The number of halogens is 1. The largest absolute Gasteiger partial charge is 0.372 e. The second-order valence-electron chi connectivity index (χ2n) is 4.56. The molecule has 0 atom stereocenters. The molecule has 0 unspecified atom stereocenters. The van der Waals surface area contributed by atoms with Crippen molar-refractivity contribution < 1.29 is 8.42 Å². The number of aryl methyl sites for hydroxylation is 1. The minimum Gasteiger partial charge on any atom is -0.372 e. The lowest BCUT2D eigenvalue weighted by Gasteiger charge is -2.09. The van der Waals surface area contributed by atoms with Gasteiger partial charge in [-0.05, 0) is 18.6 Å². The van der Waals surface area contributed by atoms with Gasteiger partial charge in [0.25, 0.3) is 0 Å². The highest BCUT2D eigenvalue weighted by Gasteiger charge is 2.16. The predicted octanol–water partition coefficient (Wildman–Crippen LogP) is 2.56. The van der Waals surface area contributed by atoms with Crippen LogP contribution in [0.2, 0.25) is 5.02 Å². The van der Waals surface area contributed by atoms with Gasteiger partial charge in [-0.15, -0.1) is 0 Å². The molecule has 1 heterocycles. The van der Waals surface area contributed by atoms with E-state index in [-0.39, 0.29) is 16.5 Å². The second-order valence-corrected chi connectivity index (χ2v) is 6.74. The number of nitrogens with zero attached hydrogens (tertiary/aromatic N) is 1. The quantitative estimate of drug-likeness (QED) is 0.886. The van der Waals surface area contributed by atoms with Crippen LogP contribution < -0.4 is 10.0 Å². The zero-order chi connectivity index (χ0) is 15.5. The SMILES string of the molecule is CNc1ncc(S(=O)(=O)NCc2ccc(C)cc2)cc1Cl. The molecule has 112 valence electrons. The number of pyridine rings is 1. The highest BCUT2D eigenvalue weighted by molar-refractivity contribution is 7.89. The fourth-order valence-corrected chi connectivity index (χ4v) is 3.03. The first-order valence-corrected chi connectivity index (χ1v) is 8.17. The van der Waals surface area contributed by atoms with E-state index in [9.17, 15) is 8.42 Å². The third kappa shape index (κ3) is 3.93. The van der Waals surface area contributed by atoms with Crippen molar-refractivity contribution in [2.24, 2.45) is 0 Å². The van der Waals surface area contributed by atoms with Gasteiger partial charge in [0.15, 0.2) is 0 Å². The van der Waals surface area contributed by atoms with Crippen LogP contribution in [0.5, 0.6) is 0 Å². The molecule has 1 aromatic carbocycles. The average molecular weight is 326 g/mol. The van der Waals surface area contributed by atoms with Crippen LogP contribution in [0.1, 0.15) is 11.1 Å². The van der Waals surface area contributed by atoms with E-state index in [2.05, 4.69) is 15.0 Å². The number of rotatable bonds is 5. The number of sulfonamides is 1. The van der Waals surface area contributed by atoms with Crippen LogP contribution in [0, 0.1) is 6.92 Å². The first-order chi connectivity index (χ1) is 9.92. The molecule has 5 nitrogen and oxygen atoms in total. The Hall–Kier alpha value is -1.63. The molecule has 7 heteroatoms. The molecule has 0 aliphatic heterocycles. The van der Waals surface area contributed by atoms with Gasteiger partial charge in [0.1, 0.15) is 10.7 Å². The summed E-state index contributed by atoms with van der Waals surface area (Å²) in [5.74, 6) is 0.439. The summed E-state index contributed by atoms with van der Waals surface area (Å²) in [6.45, 7) is 2.19. The molecule has 0 saturated heterocycles. The van der Waals surface area contributed by atoms with Gasteiger partial charge < -0.3 is 5.32 Å². The fraction of sp³-hybridized carbons (Fsp3) is 0.214. The van der Waals surface area contributed by atoms with E-state index in [0.717, 1.165) is 11.1 Å². The van der Waals surface area contributed by atoms with Crippen LogP contribution in [0.15, 0.2) is 41.4 Å². The van der Waals surface area contributed by atoms with Crippen molar-refractivity contribution in [2.45, 2.75) is 18.4 Å². The summed E-state index contributed by atoms with van der Waals surface area (Å²) in [6, 6.07) is 9.01. The molecule has 0 saturated carbocycles. The van der Waals surface area contributed by atoms with Gasteiger partial charge >= 0.3 is 0 Å². The van der Waals surface area contributed by atoms with Gasteiger partial charge in [0.05, 0.1) is 5.02 Å². The Morgan fingerprint density at radius 3 is 2.48 bits per heavy atom. The molecule has 0 spiro atoms. The molecule has 0 amide bonds. The molecule has 0 aliphatic rings. The van der Waals surface area contributed by atoms with E-state index in [1.165, 1.54) is 12.3 Å². The molecule has 0 bridgehead atoms. The Labute approximate surface area is 129 Å². The van der Waals surface area contributed by atoms with Crippen LogP contribution in [0.3, 0.4) is 0 Å². The Morgan fingerprint density at radius 1 is 1.24 bits per heavy atom. The minimum atomic E-state index is -3.64. The van der Waals surface area contributed by atoms with Gasteiger partial charge in [-0.1, -0.05) is 41.4 Å². The van der Waals surface area contributed by atoms with E-state index in [1.54, 1.807) is 7.05 Å². The highest BCUT2D eigenvalue weighted by atomic mass is 35.5. The summed E-state index contributed by atoms with van der Waals surface area (Å²) in [5.41, 5.74) is 2.01. The smallest absolute Gasteiger partial charge is 0.242 e. The van der Waals surface area contributed by atoms with Crippen molar-refractivity contribution in [3.8, 4) is 0 Å². The third-order valence-electron chi connectivity index (χ3n) is 2.95. The van der Waals surface area contributed by atoms with Crippen LogP contribution >= 0.6 is 11.6 Å². The first-order valence-electron chi connectivity index (χ1n) is 6.31. The van der Waals surface area contributed by atoms with Gasteiger partial charge in [-0.25, -0.2) is 18.1 Å². The molecule has 0 radical (unpaired) electrons. The standard InChI is InChI=1S/C14H16ClN3O2S/c1-10-3-5-11(6-4-10)8-18-21(19,20)12-7-13(15)14(16-2)17-9-12/h3-7,9,18H,8H2,1-2H3,(H,16,17). The lowest BCUT2D eigenvalue weighted by molar-refractivity contribution is 0.581. The number of aromatic nitrogens is 1. The Bertz CT molecular complexity index is 730. The van der Waals surface area contributed by atoms with E-state index < -0.39 is 10.0 Å². The molecule has 2 N–H and O–H groups in total. The maximum absolute atomic E-state index is 12.2. The maximum atomic E-state index is 12.2. The average Bonchev–Trinajstić information content (AvgIpc) is 2.46. The fourth-order valence-electron chi connectivity index (χ4n) is 1.72. The van der Waals surface area contributed by atoms with Crippen molar-refractivity contribution >= 4 is 27.4 Å². The summed E-state index contributed by atoms with van der Waals surface area (Å²) in [6.07, 6.45) is 1.27. The molecule has 2 aromatic rings. The van der Waals surface area contributed by atoms with E-state index >= 15 is 0 Å². The number of hydrogen-bond acceptors (Lipinski definition) is 4. The topological polar surface area (TPSA) is 71.1 Å². The summed E-state index contributed by atoms with van der Waals surface area (Å²) in [5, 5.41) is 3.04. The summed E-state index contributed by atoms with van der Waals surface area (Å²) in [4.78, 5) is 4.01. The van der Waals surface area contributed by atoms with Crippen molar-refractivity contribution in [2.75, 3.05) is 12.4 Å². The van der Waals surface area contributed by atoms with Crippen LogP contribution in [-0.2, 0) is 16.6 Å². The molecule has 0 fully saturated rings. The Kier molecular flexibility index (Phi) is 4.82. The van der Waals surface area contributed by atoms with Crippen molar-refractivity contribution in [1.82, 2.24) is 9.71 Å². The Morgan fingerprint density at radius 2 is 1.90 bits per heavy atom. The van der Waals surface area contributed by atoms with Gasteiger partial charge in [-0.3, -0.25) is 0 Å². The summed E-state index contributed by atoms with van der Waals surface area (Å²) in [7, 11) is -1.98. The van der Waals surface area contributed by atoms with Gasteiger partial charge in [-0.2, -0.15) is 0 Å². The molecule has 2 rings (SSSR count). The van der Waals surface area contributed by atoms with E-state index in [4.69, 9.17) is 11.6 Å². The monoisotopic (exact) mass is 325 g/mol. The molecular weight excluding hydrogens is 310 g/mol. The van der Waals surface area contributed by atoms with Crippen LogP contribution in [-0.4, -0.2) is 20.4 Å². The second kappa shape index (κ2) is 6.43. The van der Waals surface area contributed by atoms with Crippen molar-refractivity contribution in [3.05, 3.63) is 52.7 Å². The van der Waals surface area contributed by atoms with Gasteiger partial charge in [0.2, 0.25) is 10.0 Å². The molecule has 0 aliphatic carbocycles. The van der Waals surface area contributed by atoms with Crippen molar-refractivity contribution in [1.29, 1.82) is 0 Å². The number of nitrogens with one attached hydrogen (secondary N) is 2. The molecule has 1 aromatic heterocycles. The number of anilines is 1. The van der Waals surface area contributed by atoms with Crippen molar-refractivity contribution in [3.63, 3.8) is 0 Å². The summed E-state index contributed by atoms with van der Waals surface area (Å²) >= 11 is 5.95. The lowest BCUT2D eigenvalue weighted by atomic mass is 10.2. The predicted molar refractivity (Wildman–Crippen MR) is 84.0 cm³/mol.